The summed E-state index contributed by atoms with van der Waals surface area (Å²) in [4.78, 5) is 13.8. The van der Waals surface area contributed by atoms with Gasteiger partial charge in [-0.3, -0.25) is 0 Å². The van der Waals surface area contributed by atoms with E-state index in [4.69, 9.17) is 4.74 Å². The predicted octanol–water partition coefficient (Wildman–Crippen LogP) is 1.86. The van der Waals surface area contributed by atoms with Crippen molar-refractivity contribution in [3.8, 4) is 0 Å². The third-order valence-corrected chi connectivity index (χ3v) is 5.60. The van der Waals surface area contributed by atoms with Gasteiger partial charge < -0.3 is 19.8 Å². The highest BCUT2D eigenvalue weighted by atomic mass is 32.2. The molecule has 1 atom stereocenters. The molecule has 21 heavy (non-hydrogen) atoms. The molecule has 0 saturated carbocycles. The number of nitrogens with zero attached hydrogens (tertiary/aromatic N) is 1. The van der Waals surface area contributed by atoms with E-state index in [-0.39, 0.29) is 12.7 Å². The lowest BCUT2D eigenvalue weighted by atomic mass is 9.68. The number of carbonyl (C=O) groups excluding carboxylic acids is 1. The Hall–Kier alpha value is -0.460. The Morgan fingerprint density at radius 3 is 2.43 bits per heavy atom. The second-order valence-corrected chi connectivity index (χ2v) is 8.46. The van der Waals surface area contributed by atoms with Crippen molar-refractivity contribution in [1.82, 2.24) is 4.90 Å². The SMILES string of the molecule is CC(C)(C)OC(=O)N1CCC(CO)(C2(O)CCSCC2)C1. The molecule has 2 aliphatic heterocycles. The summed E-state index contributed by atoms with van der Waals surface area (Å²) in [5.74, 6) is 1.81. The fourth-order valence-corrected chi connectivity index (χ4v) is 4.42. The number of thioether (sulfide) groups is 1. The topological polar surface area (TPSA) is 70.0 Å². The van der Waals surface area contributed by atoms with E-state index in [1.807, 2.05) is 32.5 Å². The largest absolute Gasteiger partial charge is 0.444 e. The predicted molar refractivity (Wildman–Crippen MR) is 83.5 cm³/mol. The maximum absolute atomic E-state index is 12.2. The molecule has 6 heteroatoms. The zero-order chi connectivity index (χ0) is 15.7. The van der Waals surface area contributed by atoms with Crippen molar-refractivity contribution in [2.45, 2.75) is 51.2 Å². The molecule has 2 saturated heterocycles. The van der Waals surface area contributed by atoms with Crippen LogP contribution in [0.4, 0.5) is 4.79 Å². The highest BCUT2D eigenvalue weighted by Gasteiger charge is 2.54. The Kier molecular flexibility index (Phi) is 4.81. The normalized spacial score (nSPS) is 29.5. The maximum atomic E-state index is 12.2. The van der Waals surface area contributed by atoms with E-state index in [9.17, 15) is 15.0 Å². The number of amides is 1. The lowest BCUT2D eigenvalue weighted by molar-refractivity contribution is -0.108. The van der Waals surface area contributed by atoms with Crippen LogP contribution in [0.1, 0.15) is 40.0 Å². The summed E-state index contributed by atoms with van der Waals surface area (Å²) in [5, 5.41) is 20.9. The fraction of sp³-hybridized carbons (Fsp3) is 0.933. The molecule has 0 bridgehead atoms. The summed E-state index contributed by atoms with van der Waals surface area (Å²) in [6.45, 7) is 6.34. The van der Waals surface area contributed by atoms with Crippen LogP contribution < -0.4 is 0 Å². The molecule has 2 N–H and O–H groups in total. The molecule has 0 aromatic carbocycles. The van der Waals surface area contributed by atoms with Gasteiger partial charge in [0.2, 0.25) is 0 Å². The van der Waals surface area contributed by atoms with Crippen molar-refractivity contribution in [2.75, 3.05) is 31.2 Å². The summed E-state index contributed by atoms with van der Waals surface area (Å²) in [7, 11) is 0. The molecular formula is C15H27NO4S. The molecule has 0 aromatic heterocycles. The van der Waals surface area contributed by atoms with Gasteiger partial charge in [0.1, 0.15) is 5.60 Å². The number of rotatable bonds is 2. The summed E-state index contributed by atoms with van der Waals surface area (Å²) >= 11 is 1.83. The summed E-state index contributed by atoms with van der Waals surface area (Å²) in [5.41, 5.74) is -2.01. The van der Waals surface area contributed by atoms with E-state index in [0.29, 0.717) is 32.4 Å². The lowest BCUT2D eigenvalue weighted by Crippen LogP contribution is -2.54. The van der Waals surface area contributed by atoms with Gasteiger partial charge in [0, 0.05) is 18.5 Å². The van der Waals surface area contributed by atoms with E-state index in [1.54, 1.807) is 4.90 Å². The van der Waals surface area contributed by atoms with E-state index in [2.05, 4.69) is 0 Å². The molecule has 0 aromatic rings. The number of likely N-dealkylation sites (tertiary alicyclic amines) is 1. The average molecular weight is 317 g/mol. The van der Waals surface area contributed by atoms with Gasteiger partial charge >= 0.3 is 6.09 Å². The molecule has 122 valence electrons. The Morgan fingerprint density at radius 2 is 1.90 bits per heavy atom. The quantitative estimate of drug-likeness (QED) is 0.813. The van der Waals surface area contributed by atoms with Crippen molar-refractivity contribution in [1.29, 1.82) is 0 Å². The lowest BCUT2D eigenvalue weighted by Gasteiger charge is -2.46. The minimum Gasteiger partial charge on any atom is -0.444 e. The minimum absolute atomic E-state index is 0.0898. The smallest absolute Gasteiger partial charge is 0.410 e. The van der Waals surface area contributed by atoms with Gasteiger partial charge in [-0.2, -0.15) is 11.8 Å². The number of ether oxygens (including phenoxy) is 1. The van der Waals surface area contributed by atoms with Gasteiger partial charge in [0.15, 0.2) is 0 Å². The second-order valence-electron chi connectivity index (χ2n) is 7.23. The van der Waals surface area contributed by atoms with Gasteiger partial charge in [-0.05, 0) is 51.5 Å². The molecule has 2 fully saturated rings. The first-order chi connectivity index (χ1) is 9.71. The van der Waals surface area contributed by atoms with E-state index in [1.165, 1.54) is 0 Å². The molecule has 5 nitrogen and oxygen atoms in total. The van der Waals surface area contributed by atoms with Crippen LogP contribution in [0, 0.1) is 5.41 Å². The van der Waals surface area contributed by atoms with Crippen molar-refractivity contribution in [3.05, 3.63) is 0 Å². The van der Waals surface area contributed by atoms with Crippen LogP contribution in [0.25, 0.3) is 0 Å². The molecule has 0 aliphatic carbocycles. The first-order valence-electron chi connectivity index (χ1n) is 7.60. The van der Waals surface area contributed by atoms with Crippen molar-refractivity contribution in [3.63, 3.8) is 0 Å². The van der Waals surface area contributed by atoms with Crippen molar-refractivity contribution >= 4 is 17.9 Å². The molecule has 2 rings (SSSR count). The van der Waals surface area contributed by atoms with E-state index in [0.717, 1.165) is 11.5 Å². The third-order valence-electron chi connectivity index (χ3n) is 4.62. The van der Waals surface area contributed by atoms with Gasteiger partial charge in [0.05, 0.1) is 12.2 Å². The number of hydrogen-bond acceptors (Lipinski definition) is 5. The molecule has 1 unspecified atom stereocenters. The maximum Gasteiger partial charge on any atom is 0.410 e. The Morgan fingerprint density at radius 1 is 1.29 bits per heavy atom. The van der Waals surface area contributed by atoms with Gasteiger partial charge in [-0.1, -0.05) is 0 Å². The summed E-state index contributed by atoms with van der Waals surface area (Å²) in [6.07, 6.45) is 1.64. The number of carbonyl (C=O) groups is 1. The van der Waals surface area contributed by atoms with Crippen LogP contribution in [0.3, 0.4) is 0 Å². The summed E-state index contributed by atoms with van der Waals surface area (Å²) < 4.78 is 5.40. The van der Waals surface area contributed by atoms with Gasteiger partial charge in [-0.25, -0.2) is 4.79 Å². The van der Waals surface area contributed by atoms with Crippen LogP contribution >= 0.6 is 11.8 Å². The number of aliphatic hydroxyl groups excluding tert-OH is 1. The standard InChI is InChI=1S/C15H27NO4S/c1-13(2,3)20-12(18)16-7-4-14(10-16,11-17)15(19)5-8-21-9-6-15/h17,19H,4-11H2,1-3H3. The summed E-state index contributed by atoms with van der Waals surface area (Å²) in [6, 6.07) is 0. The van der Waals surface area contributed by atoms with Crippen molar-refractivity contribution in [2.24, 2.45) is 5.41 Å². The number of aliphatic hydroxyl groups is 2. The molecule has 2 aliphatic rings. The Bertz CT molecular complexity index is 390. The average Bonchev–Trinajstić information content (AvgIpc) is 2.84. The first kappa shape index (κ1) is 16.9. The minimum atomic E-state index is -0.871. The number of hydrogen-bond donors (Lipinski definition) is 2. The van der Waals surface area contributed by atoms with Crippen molar-refractivity contribution < 1.29 is 19.7 Å². The van der Waals surface area contributed by atoms with E-state index < -0.39 is 16.6 Å². The van der Waals surface area contributed by atoms with Crippen LogP contribution in [0.2, 0.25) is 0 Å². The van der Waals surface area contributed by atoms with Gasteiger partial charge in [0.25, 0.3) is 0 Å². The third kappa shape index (κ3) is 3.48. The van der Waals surface area contributed by atoms with Crippen LogP contribution in [0.5, 0.6) is 0 Å². The molecule has 0 spiro atoms. The van der Waals surface area contributed by atoms with E-state index >= 15 is 0 Å². The van der Waals surface area contributed by atoms with Crippen LogP contribution in [0.15, 0.2) is 0 Å². The molecule has 0 radical (unpaired) electrons. The van der Waals surface area contributed by atoms with Gasteiger partial charge in [-0.15, -0.1) is 0 Å². The molecule has 1 amide bonds. The monoisotopic (exact) mass is 317 g/mol. The molecular weight excluding hydrogens is 290 g/mol. The zero-order valence-electron chi connectivity index (χ0n) is 13.2. The zero-order valence-corrected chi connectivity index (χ0v) is 14.0. The van der Waals surface area contributed by atoms with Crippen LogP contribution in [-0.4, -0.2) is 63.6 Å². The Balaban J connectivity index is 2.08. The second kappa shape index (κ2) is 5.97. The van der Waals surface area contributed by atoms with Crippen LogP contribution in [-0.2, 0) is 4.74 Å². The highest BCUT2D eigenvalue weighted by Crippen LogP contribution is 2.47. The Labute approximate surface area is 131 Å². The highest BCUT2D eigenvalue weighted by molar-refractivity contribution is 7.99. The molecule has 2 heterocycles. The fourth-order valence-electron chi connectivity index (χ4n) is 3.25. The first-order valence-corrected chi connectivity index (χ1v) is 8.76.